The van der Waals surface area contributed by atoms with Crippen LogP contribution in [0.15, 0.2) is 52.3 Å². The van der Waals surface area contributed by atoms with E-state index in [0.717, 1.165) is 21.5 Å². The van der Waals surface area contributed by atoms with E-state index in [1.165, 1.54) is 22.7 Å². The molecule has 4 rings (SSSR count). The molecule has 3 heterocycles. The number of nitrogens with two attached hydrogens (primary N) is 1. The number of hydrogen-bond donors (Lipinski definition) is 2. The van der Waals surface area contributed by atoms with Crippen molar-refractivity contribution in [3.05, 3.63) is 96.0 Å². The third-order valence-corrected chi connectivity index (χ3v) is 6.36. The minimum absolute atomic E-state index is 0.0487. The summed E-state index contributed by atoms with van der Waals surface area (Å²) in [6.45, 7) is 1.67. The smallest absolute Gasteiger partial charge is 0.336 e. The number of nitrogens with one attached hydrogen (secondary N) is 1. The molecule has 0 aliphatic rings. The molecule has 164 valence electrons. The van der Waals surface area contributed by atoms with Gasteiger partial charge in [0.2, 0.25) is 0 Å². The number of aromatic nitrogens is 3. The largest absolute Gasteiger partial charge is 0.384 e. The van der Waals surface area contributed by atoms with E-state index < -0.39 is 23.0 Å². The average molecular weight is 474 g/mol. The summed E-state index contributed by atoms with van der Waals surface area (Å²) in [7, 11) is 0. The van der Waals surface area contributed by atoms with Crippen molar-refractivity contribution in [2.45, 2.75) is 20.0 Å². The summed E-state index contributed by atoms with van der Waals surface area (Å²) in [5.41, 5.74) is 6.01. The van der Waals surface area contributed by atoms with Gasteiger partial charge in [-0.25, -0.2) is 14.2 Å². The summed E-state index contributed by atoms with van der Waals surface area (Å²) >= 11 is 6.74. The van der Waals surface area contributed by atoms with Crippen molar-refractivity contribution in [3.8, 4) is 0 Å². The van der Waals surface area contributed by atoms with Gasteiger partial charge in [0.25, 0.3) is 11.5 Å². The topological polar surface area (TPSA) is 111 Å². The zero-order valence-corrected chi connectivity index (χ0v) is 18.3. The van der Waals surface area contributed by atoms with Crippen LogP contribution < -0.4 is 22.3 Å². The zero-order valence-electron chi connectivity index (χ0n) is 16.8. The normalized spacial score (nSPS) is 11.1. The van der Waals surface area contributed by atoms with Gasteiger partial charge in [0.15, 0.2) is 0 Å². The molecular weight excluding hydrogens is 457 g/mol. The van der Waals surface area contributed by atoms with Crippen molar-refractivity contribution in [1.82, 2.24) is 19.3 Å². The van der Waals surface area contributed by atoms with Crippen LogP contribution in [0.25, 0.3) is 4.83 Å². The number of hydrogen-bond acceptors (Lipinski definition) is 6. The van der Waals surface area contributed by atoms with Crippen LogP contribution in [0, 0.1) is 12.7 Å². The lowest BCUT2D eigenvalue weighted by molar-refractivity contribution is 0.0954. The molecule has 3 aromatic heterocycles. The van der Waals surface area contributed by atoms with E-state index in [2.05, 4.69) is 10.3 Å². The first-order valence-corrected chi connectivity index (χ1v) is 10.6. The van der Waals surface area contributed by atoms with Gasteiger partial charge in [0.1, 0.15) is 21.3 Å². The average Bonchev–Trinajstić information content (AvgIpc) is 3.22. The number of pyridine rings is 1. The van der Waals surface area contributed by atoms with E-state index in [4.69, 9.17) is 17.3 Å². The molecule has 1 aromatic carbocycles. The number of nitrogens with zero attached hydrogens (tertiary/aromatic N) is 3. The van der Waals surface area contributed by atoms with E-state index in [1.807, 2.05) is 0 Å². The van der Waals surface area contributed by atoms with Gasteiger partial charge in [-0.3, -0.25) is 18.6 Å². The van der Waals surface area contributed by atoms with Gasteiger partial charge in [-0.15, -0.1) is 11.3 Å². The first-order valence-electron chi connectivity index (χ1n) is 9.42. The highest BCUT2D eigenvalue weighted by atomic mass is 35.5. The number of carbonyl (C=O) groups excluding carboxylic acids is 1. The van der Waals surface area contributed by atoms with Gasteiger partial charge in [-0.2, -0.15) is 0 Å². The van der Waals surface area contributed by atoms with Gasteiger partial charge < -0.3 is 11.1 Å². The lowest BCUT2D eigenvalue weighted by Gasteiger charge is -2.08. The van der Waals surface area contributed by atoms with E-state index in [9.17, 15) is 18.8 Å². The molecule has 0 aliphatic carbocycles. The molecule has 4 aromatic rings. The highest BCUT2D eigenvalue weighted by Crippen LogP contribution is 2.19. The number of carbonyl (C=O) groups is 1. The fourth-order valence-electron chi connectivity index (χ4n) is 3.20. The van der Waals surface area contributed by atoms with Crippen LogP contribution in [0.4, 0.5) is 10.2 Å². The molecule has 32 heavy (non-hydrogen) atoms. The van der Waals surface area contributed by atoms with Gasteiger partial charge in [-0.05, 0) is 42.3 Å². The summed E-state index contributed by atoms with van der Waals surface area (Å²) in [6, 6.07) is 7.45. The Hall–Kier alpha value is -3.50. The Morgan fingerprint density at radius 3 is 2.75 bits per heavy atom. The second-order valence-electron chi connectivity index (χ2n) is 7.09. The van der Waals surface area contributed by atoms with Gasteiger partial charge in [0, 0.05) is 24.5 Å². The zero-order chi connectivity index (χ0) is 23.0. The highest BCUT2D eigenvalue weighted by Gasteiger charge is 2.18. The van der Waals surface area contributed by atoms with Crippen molar-refractivity contribution < 1.29 is 9.18 Å². The molecular formula is C21H17ClFN5O3S. The number of rotatable bonds is 5. The Morgan fingerprint density at radius 2 is 2.03 bits per heavy atom. The molecule has 3 N–H and O–H groups in total. The number of anilines is 1. The minimum Gasteiger partial charge on any atom is -0.384 e. The van der Waals surface area contributed by atoms with Gasteiger partial charge in [0.05, 0.1) is 11.6 Å². The van der Waals surface area contributed by atoms with Crippen molar-refractivity contribution in [2.24, 2.45) is 0 Å². The Labute approximate surface area is 189 Å². The highest BCUT2D eigenvalue weighted by molar-refractivity contribution is 7.19. The van der Waals surface area contributed by atoms with Crippen LogP contribution in [0.5, 0.6) is 0 Å². The van der Waals surface area contributed by atoms with Crippen LogP contribution in [0.3, 0.4) is 0 Å². The molecule has 0 bridgehead atoms. The predicted octanol–water partition coefficient (Wildman–Crippen LogP) is 2.58. The van der Waals surface area contributed by atoms with Gasteiger partial charge in [-0.1, -0.05) is 17.7 Å². The van der Waals surface area contributed by atoms with Crippen LogP contribution in [0.2, 0.25) is 5.02 Å². The second kappa shape index (κ2) is 8.56. The lowest BCUT2D eigenvalue weighted by atomic mass is 10.2. The fourth-order valence-corrected chi connectivity index (χ4v) is 4.32. The summed E-state index contributed by atoms with van der Waals surface area (Å²) in [5.74, 6) is -0.693. The minimum atomic E-state index is -0.638. The Morgan fingerprint density at radius 1 is 1.25 bits per heavy atom. The maximum Gasteiger partial charge on any atom is 0.336 e. The third-order valence-electron chi connectivity index (χ3n) is 4.84. The molecule has 11 heteroatoms. The van der Waals surface area contributed by atoms with E-state index >= 15 is 0 Å². The number of nitrogen functional groups attached to an aromatic ring is 1. The summed E-state index contributed by atoms with van der Waals surface area (Å²) in [4.78, 5) is 42.9. The third kappa shape index (κ3) is 4.14. The van der Waals surface area contributed by atoms with E-state index in [-0.39, 0.29) is 23.0 Å². The molecule has 0 spiro atoms. The van der Waals surface area contributed by atoms with E-state index in [1.54, 1.807) is 31.3 Å². The first-order chi connectivity index (χ1) is 15.2. The number of amides is 1. The molecule has 0 aliphatic heterocycles. The molecule has 0 fully saturated rings. The van der Waals surface area contributed by atoms with Crippen LogP contribution >= 0.6 is 22.9 Å². The summed E-state index contributed by atoms with van der Waals surface area (Å²) in [5, 5.41) is 2.71. The quantitative estimate of drug-likeness (QED) is 0.462. The molecule has 0 atom stereocenters. The lowest BCUT2D eigenvalue weighted by Crippen LogP contribution is -2.38. The number of thiazole rings is 1. The summed E-state index contributed by atoms with van der Waals surface area (Å²) < 4.78 is 16.0. The van der Waals surface area contributed by atoms with Crippen molar-refractivity contribution in [3.63, 3.8) is 0 Å². The molecule has 0 radical (unpaired) electrons. The fraction of sp³-hybridized carbons (Fsp3) is 0.143. The van der Waals surface area contributed by atoms with Crippen molar-refractivity contribution in [2.75, 3.05) is 5.73 Å². The monoisotopic (exact) mass is 473 g/mol. The van der Waals surface area contributed by atoms with Crippen molar-refractivity contribution in [1.29, 1.82) is 0 Å². The molecule has 0 saturated carbocycles. The first kappa shape index (κ1) is 21.7. The predicted molar refractivity (Wildman–Crippen MR) is 121 cm³/mol. The Balaban J connectivity index is 1.66. The molecule has 1 amide bonds. The van der Waals surface area contributed by atoms with E-state index in [0.29, 0.717) is 21.8 Å². The number of aryl methyl sites for hydroxylation is 1. The van der Waals surface area contributed by atoms with Crippen molar-refractivity contribution >= 4 is 39.5 Å². The number of fused-ring (bicyclic) bond motifs is 1. The SMILES string of the molecule is Cc1c(=O)n(Cc2ccc(Cl)c(F)c2)c(=O)n2cc(C(=O)NCc3ccnc(N)c3)sc12. The molecule has 0 unspecified atom stereocenters. The Bertz CT molecular complexity index is 1480. The Kier molecular flexibility index (Phi) is 5.81. The number of benzene rings is 1. The summed E-state index contributed by atoms with van der Waals surface area (Å²) in [6.07, 6.45) is 2.93. The molecule has 0 saturated heterocycles. The second-order valence-corrected chi connectivity index (χ2v) is 8.53. The number of halogens is 2. The van der Waals surface area contributed by atoms with Crippen LogP contribution in [0.1, 0.15) is 26.4 Å². The maximum absolute atomic E-state index is 13.8. The van der Waals surface area contributed by atoms with Crippen LogP contribution in [-0.2, 0) is 13.1 Å². The van der Waals surface area contributed by atoms with Crippen LogP contribution in [-0.4, -0.2) is 19.9 Å². The van der Waals surface area contributed by atoms with Gasteiger partial charge >= 0.3 is 5.69 Å². The maximum atomic E-state index is 13.8. The molecule has 8 nitrogen and oxygen atoms in total. The standard InChI is InChI=1S/C21H17ClFN5O3S/c1-11-19(30)27(9-13-2-3-14(22)15(23)6-13)21(31)28-10-16(32-20(11)28)18(29)26-8-12-4-5-25-17(24)7-12/h2-7,10H,8-9H2,1H3,(H2,24,25)(H,26,29).